The third-order valence-electron chi connectivity index (χ3n) is 5.60. The average Bonchev–Trinajstić information content (AvgIpc) is 3.33. The molecule has 0 saturated carbocycles. The van der Waals surface area contributed by atoms with Crippen LogP contribution in [0.15, 0.2) is 72.8 Å². The molecule has 186 valence electrons. The molecule has 0 fully saturated rings. The molecule has 8 nitrogen and oxygen atoms in total. The maximum atomic E-state index is 12.0. The fourth-order valence-corrected chi connectivity index (χ4v) is 3.51. The molecule has 0 saturated heterocycles. The van der Waals surface area contributed by atoms with E-state index in [0.717, 1.165) is 34.0 Å². The summed E-state index contributed by atoms with van der Waals surface area (Å²) in [6.07, 6.45) is 0.706. The Morgan fingerprint density at radius 2 is 1.67 bits per heavy atom. The maximum absolute atomic E-state index is 12.0. The minimum atomic E-state index is -0.0997. The summed E-state index contributed by atoms with van der Waals surface area (Å²) in [5, 5.41) is 7.53. The lowest BCUT2D eigenvalue weighted by molar-refractivity contribution is -0.118. The van der Waals surface area contributed by atoms with Crippen LogP contribution in [0, 0.1) is 5.92 Å². The molecule has 0 unspecified atom stereocenters. The number of hydrogen-bond acceptors (Lipinski definition) is 6. The zero-order valence-electron chi connectivity index (χ0n) is 20.9. The molecule has 4 rings (SSSR count). The summed E-state index contributed by atoms with van der Waals surface area (Å²) in [5.74, 6) is 2.02. The van der Waals surface area contributed by atoms with Gasteiger partial charge in [0.1, 0.15) is 11.5 Å². The van der Waals surface area contributed by atoms with Crippen molar-refractivity contribution in [3.63, 3.8) is 0 Å². The van der Waals surface area contributed by atoms with Crippen LogP contribution in [0.1, 0.15) is 19.4 Å². The van der Waals surface area contributed by atoms with Gasteiger partial charge in [0.05, 0.1) is 26.5 Å². The number of amides is 1. The Balaban J connectivity index is 1.57. The third-order valence-corrected chi connectivity index (χ3v) is 5.60. The van der Waals surface area contributed by atoms with E-state index in [4.69, 9.17) is 14.2 Å². The largest absolute Gasteiger partial charge is 0.497 e. The van der Waals surface area contributed by atoms with E-state index in [1.807, 2.05) is 86.6 Å². The van der Waals surface area contributed by atoms with Crippen LogP contribution < -0.4 is 19.5 Å². The predicted octanol–water partition coefficient (Wildman–Crippen LogP) is 5.17. The summed E-state index contributed by atoms with van der Waals surface area (Å²) < 4.78 is 18.3. The van der Waals surface area contributed by atoms with Gasteiger partial charge in [0.15, 0.2) is 5.82 Å². The highest BCUT2D eigenvalue weighted by Crippen LogP contribution is 2.27. The average molecular weight is 487 g/mol. The molecule has 0 aliphatic heterocycles. The number of anilines is 1. The van der Waals surface area contributed by atoms with E-state index in [1.165, 1.54) is 0 Å². The summed E-state index contributed by atoms with van der Waals surface area (Å²) in [6, 6.07) is 23.2. The fraction of sp³-hybridized carbons (Fsp3) is 0.250. The highest BCUT2D eigenvalue weighted by Gasteiger charge is 2.16. The molecule has 8 heteroatoms. The lowest BCUT2D eigenvalue weighted by atomic mass is 10.1. The number of carbonyl (C=O) groups is 1. The maximum Gasteiger partial charge on any atom is 0.336 e. The van der Waals surface area contributed by atoms with Crippen LogP contribution in [0.5, 0.6) is 17.5 Å². The molecule has 0 atom stereocenters. The van der Waals surface area contributed by atoms with Crippen LogP contribution in [-0.4, -0.2) is 41.5 Å². The molecule has 0 aliphatic carbocycles. The summed E-state index contributed by atoms with van der Waals surface area (Å²) in [5.41, 5.74) is 3.47. The number of methoxy groups -OCH3 is 2. The third kappa shape index (κ3) is 6.02. The number of aromatic nitrogens is 3. The van der Waals surface area contributed by atoms with Gasteiger partial charge in [-0.3, -0.25) is 4.79 Å². The Hall–Kier alpha value is -4.33. The Kier molecular flexibility index (Phi) is 7.85. The van der Waals surface area contributed by atoms with Crippen LogP contribution >= 0.6 is 0 Å². The smallest absolute Gasteiger partial charge is 0.336 e. The van der Waals surface area contributed by atoms with Gasteiger partial charge in [0, 0.05) is 23.6 Å². The Labute approximate surface area is 210 Å². The zero-order chi connectivity index (χ0) is 25.5. The first-order valence-electron chi connectivity index (χ1n) is 11.8. The van der Waals surface area contributed by atoms with E-state index in [0.29, 0.717) is 18.9 Å². The first kappa shape index (κ1) is 24.8. The summed E-state index contributed by atoms with van der Waals surface area (Å²) in [6.45, 7) is 4.14. The topological polar surface area (TPSA) is 87.5 Å². The molecule has 36 heavy (non-hydrogen) atoms. The second-order valence-electron chi connectivity index (χ2n) is 8.50. The molecule has 1 heterocycles. The van der Waals surface area contributed by atoms with Crippen molar-refractivity contribution in [2.45, 2.75) is 20.3 Å². The molecule has 4 aromatic rings. The number of ether oxygens (including phenoxy) is 3. The van der Waals surface area contributed by atoms with Gasteiger partial charge in [-0.05, 0) is 54.1 Å². The second-order valence-corrected chi connectivity index (χ2v) is 8.50. The predicted molar refractivity (Wildman–Crippen MR) is 139 cm³/mol. The van der Waals surface area contributed by atoms with Crippen molar-refractivity contribution < 1.29 is 19.0 Å². The molecule has 1 amide bonds. The van der Waals surface area contributed by atoms with Gasteiger partial charge in [0.2, 0.25) is 5.91 Å². The molecular formula is C28H30N4O4. The van der Waals surface area contributed by atoms with Crippen LogP contribution in [-0.2, 0) is 11.2 Å². The number of carbonyl (C=O) groups excluding carboxylic acids is 1. The van der Waals surface area contributed by atoms with E-state index >= 15 is 0 Å². The first-order chi connectivity index (χ1) is 17.5. The number of nitrogens with zero attached hydrogens (tertiary/aromatic N) is 3. The molecule has 0 spiro atoms. The standard InChI is InChI=1S/C28H30N4O4/c1-19(2)27(33)29-22-10-12-23(13-11-22)32-26(21-6-5-7-25(18-21)35-4)30-28(31-32)36-17-16-20-8-14-24(34-3)15-9-20/h5-15,18-19H,16-17H2,1-4H3,(H,29,33). The number of hydrogen-bond donors (Lipinski definition) is 1. The van der Waals surface area contributed by atoms with Crippen LogP contribution in [0.3, 0.4) is 0 Å². The van der Waals surface area contributed by atoms with Gasteiger partial charge in [0.25, 0.3) is 0 Å². The SMILES string of the molecule is COc1ccc(CCOc2nc(-c3cccc(OC)c3)n(-c3ccc(NC(=O)C(C)C)cc3)n2)cc1. The van der Waals surface area contributed by atoms with E-state index in [-0.39, 0.29) is 17.8 Å². The van der Waals surface area contributed by atoms with Crippen LogP contribution in [0.4, 0.5) is 5.69 Å². The Bertz CT molecular complexity index is 1300. The monoisotopic (exact) mass is 486 g/mol. The minimum Gasteiger partial charge on any atom is -0.497 e. The summed E-state index contributed by atoms with van der Waals surface area (Å²) in [4.78, 5) is 16.7. The van der Waals surface area contributed by atoms with Crippen LogP contribution in [0.25, 0.3) is 17.1 Å². The highest BCUT2D eigenvalue weighted by atomic mass is 16.5. The minimum absolute atomic E-state index is 0.0341. The highest BCUT2D eigenvalue weighted by molar-refractivity contribution is 5.92. The first-order valence-corrected chi connectivity index (χ1v) is 11.8. The van der Waals surface area contributed by atoms with E-state index in [9.17, 15) is 4.79 Å². The lowest BCUT2D eigenvalue weighted by Gasteiger charge is -2.10. The Morgan fingerprint density at radius 3 is 2.33 bits per heavy atom. The van der Waals surface area contributed by atoms with Gasteiger partial charge in [-0.25, -0.2) is 4.68 Å². The number of nitrogens with one attached hydrogen (secondary N) is 1. The number of rotatable bonds is 10. The van der Waals surface area contributed by atoms with E-state index in [1.54, 1.807) is 18.9 Å². The van der Waals surface area contributed by atoms with Gasteiger partial charge in [-0.15, -0.1) is 5.10 Å². The zero-order valence-corrected chi connectivity index (χ0v) is 20.9. The van der Waals surface area contributed by atoms with Gasteiger partial charge in [-0.1, -0.05) is 38.1 Å². The van der Waals surface area contributed by atoms with Crippen molar-refractivity contribution >= 4 is 11.6 Å². The fourth-order valence-electron chi connectivity index (χ4n) is 3.51. The van der Waals surface area contributed by atoms with Gasteiger partial charge in [-0.2, -0.15) is 4.98 Å². The molecular weight excluding hydrogens is 456 g/mol. The normalized spacial score (nSPS) is 10.8. The lowest BCUT2D eigenvalue weighted by Crippen LogP contribution is -2.17. The summed E-state index contributed by atoms with van der Waals surface area (Å²) in [7, 11) is 3.27. The molecule has 0 bridgehead atoms. The van der Waals surface area contributed by atoms with Crippen molar-refractivity contribution in [2.75, 3.05) is 26.1 Å². The second kappa shape index (κ2) is 11.4. The van der Waals surface area contributed by atoms with E-state index < -0.39 is 0 Å². The molecule has 1 N–H and O–H groups in total. The van der Waals surface area contributed by atoms with Crippen molar-refractivity contribution in [3.05, 3.63) is 78.4 Å². The van der Waals surface area contributed by atoms with Crippen molar-refractivity contribution in [1.82, 2.24) is 14.8 Å². The van der Waals surface area contributed by atoms with Crippen LogP contribution in [0.2, 0.25) is 0 Å². The molecule has 0 aliphatic rings. The van der Waals surface area contributed by atoms with E-state index in [2.05, 4.69) is 15.4 Å². The van der Waals surface area contributed by atoms with Crippen molar-refractivity contribution in [3.8, 4) is 34.6 Å². The quantitative estimate of drug-likeness (QED) is 0.333. The van der Waals surface area contributed by atoms with Crippen molar-refractivity contribution in [2.24, 2.45) is 5.92 Å². The van der Waals surface area contributed by atoms with Crippen molar-refractivity contribution in [1.29, 1.82) is 0 Å². The van der Waals surface area contributed by atoms with Gasteiger partial charge < -0.3 is 19.5 Å². The number of benzene rings is 3. The summed E-state index contributed by atoms with van der Waals surface area (Å²) >= 11 is 0. The molecule has 3 aromatic carbocycles. The Morgan fingerprint density at radius 1 is 0.944 bits per heavy atom. The van der Waals surface area contributed by atoms with Gasteiger partial charge >= 0.3 is 6.01 Å². The molecule has 0 radical (unpaired) electrons. The molecule has 1 aromatic heterocycles.